The Bertz CT molecular complexity index is 328. The van der Waals surface area contributed by atoms with Crippen LogP contribution in [0, 0.1) is 0 Å². The van der Waals surface area contributed by atoms with E-state index in [9.17, 15) is 8.42 Å². The van der Waals surface area contributed by atoms with Crippen LogP contribution < -0.4 is 5.73 Å². The quantitative estimate of drug-likeness (QED) is 0.727. The van der Waals surface area contributed by atoms with Crippen molar-refractivity contribution in [3.8, 4) is 0 Å². The lowest BCUT2D eigenvalue weighted by Gasteiger charge is -2.31. The van der Waals surface area contributed by atoms with Crippen LogP contribution in [-0.4, -0.2) is 49.5 Å². The summed E-state index contributed by atoms with van der Waals surface area (Å²) in [6.07, 6.45) is 3.48. The molecule has 5 heteroatoms. The second kappa shape index (κ2) is 4.03. The fraction of sp³-hybridized carbons (Fsp3) is 1.00. The molecule has 0 aromatic heterocycles. The summed E-state index contributed by atoms with van der Waals surface area (Å²) < 4.78 is 23.0. The standard InChI is InChI=1S/C10H20N2O2S/c1-2-8-4-3-5-12(8)10-7-15(13,14)6-9(10)11/h8-10H,2-7,11H2,1H3. The highest BCUT2D eigenvalue weighted by Crippen LogP contribution is 2.27. The van der Waals surface area contributed by atoms with E-state index in [1.165, 1.54) is 12.8 Å². The molecule has 15 heavy (non-hydrogen) atoms. The van der Waals surface area contributed by atoms with E-state index in [-0.39, 0.29) is 23.6 Å². The number of nitrogens with zero attached hydrogens (tertiary/aromatic N) is 1. The molecule has 0 amide bonds. The zero-order chi connectivity index (χ0) is 11.1. The second-order valence-electron chi connectivity index (χ2n) is 4.75. The van der Waals surface area contributed by atoms with Crippen molar-refractivity contribution >= 4 is 9.84 Å². The summed E-state index contributed by atoms with van der Waals surface area (Å²) in [4.78, 5) is 2.33. The Morgan fingerprint density at radius 2 is 2.13 bits per heavy atom. The molecule has 3 unspecified atom stereocenters. The Kier molecular flexibility index (Phi) is 3.05. The molecule has 0 aromatic carbocycles. The maximum atomic E-state index is 11.5. The predicted octanol–water partition coefficient (Wildman–Crippen LogP) is -0.0149. The molecule has 0 radical (unpaired) electrons. The van der Waals surface area contributed by atoms with Crippen molar-refractivity contribution in [2.24, 2.45) is 5.73 Å². The maximum Gasteiger partial charge on any atom is 0.153 e. The van der Waals surface area contributed by atoms with Crippen molar-refractivity contribution in [1.29, 1.82) is 0 Å². The van der Waals surface area contributed by atoms with Crippen molar-refractivity contribution in [2.75, 3.05) is 18.1 Å². The van der Waals surface area contributed by atoms with Crippen molar-refractivity contribution in [2.45, 2.75) is 44.3 Å². The van der Waals surface area contributed by atoms with Crippen molar-refractivity contribution < 1.29 is 8.42 Å². The van der Waals surface area contributed by atoms with Crippen molar-refractivity contribution in [3.63, 3.8) is 0 Å². The smallest absolute Gasteiger partial charge is 0.153 e. The van der Waals surface area contributed by atoms with Gasteiger partial charge >= 0.3 is 0 Å². The van der Waals surface area contributed by atoms with Crippen molar-refractivity contribution in [3.05, 3.63) is 0 Å². The van der Waals surface area contributed by atoms with Crippen LogP contribution in [0.15, 0.2) is 0 Å². The van der Waals surface area contributed by atoms with Crippen LogP contribution in [0.5, 0.6) is 0 Å². The van der Waals surface area contributed by atoms with Gasteiger partial charge in [0.1, 0.15) is 0 Å². The van der Waals surface area contributed by atoms with E-state index in [4.69, 9.17) is 5.73 Å². The molecule has 0 aromatic rings. The van der Waals surface area contributed by atoms with E-state index in [1.54, 1.807) is 0 Å². The largest absolute Gasteiger partial charge is 0.325 e. The first-order chi connectivity index (χ1) is 7.03. The normalized spacial score (nSPS) is 41.1. The minimum absolute atomic E-state index is 0.0717. The van der Waals surface area contributed by atoms with Gasteiger partial charge in [-0.05, 0) is 25.8 Å². The van der Waals surface area contributed by atoms with Gasteiger partial charge in [-0.25, -0.2) is 8.42 Å². The first-order valence-corrected chi connectivity index (χ1v) is 7.57. The van der Waals surface area contributed by atoms with E-state index >= 15 is 0 Å². The number of sulfone groups is 1. The SMILES string of the molecule is CCC1CCCN1C1CS(=O)(=O)CC1N. The molecule has 2 aliphatic heterocycles. The van der Waals surface area contributed by atoms with E-state index in [0.717, 1.165) is 13.0 Å². The molecular formula is C10H20N2O2S. The molecule has 2 saturated heterocycles. The fourth-order valence-corrected chi connectivity index (χ4v) is 4.83. The van der Waals surface area contributed by atoms with E-state index < -0.39 is 9.84 Å². The van der Waals surface area contributed by atoms with E-state index in [0.29, 0.717) is 6.04 Å². The Morgan fingerprint density at radius 3 is 2.67 bits per heavy atom. The molecule has 2 fully saturated rings. The summed E-state index contributed by atoms with van der Waals surface area (Å²) in [6, 6.07) is 0.443. The van der Waals surface area contributed by atoms with Crippen LogP contribution in [-0.2, 0) is 9.84 Å². The minimum Gasteiger partial charge on any atom is -0.325 e. The molecule has 4 nitrogen and oxygen atoms in total. The van der Waals surface area contributed by atoms with Gasteiger partial charge in [-0.1, -0.05) is 6.92 Å². The molecule has 2 heterocycles. The van der Waals surface area contributed by atoms with Gasteiger partial charge in [0, 0.05) is 18.1 Å². The highest BCUT2D eigenvalue weighted by Gasteiger charge is 2.42. The van der Waals surface area contributed by atoms with Gasteiger partial charge in [0.15, 0.2) is 9.84 Å². The molecule has 0 saturated carbocycles. The molecule has 0 spiro atoms. The van der Waals surface area contributed by atoms with E-state index in [1.807, 2.05) is 0 Å². The average Bonchev–Trinajstić information content (AvgIpc) is 2.69. The lowest BCUT2D eigenvalue weighted by molar-refractivity contribution is 0.178. The Morgan fingerprint density at radius 1 is 1.40 bits per heavy atom. The monoisotopic (exact) mass is 232 g/mol. The first-order valence-electron chi connectivity index (χ1n) is 5.75. The van der Waals surface area contributed by atoms with Crippen LogP contribution in [0.4, 0.5) is 0 Å². The van der Waals surface area contributed by atoms with Crippen LogP contribution in [0.1, 0.15) is 26.2 Å². The Balaban J connectivity index is 2.11. The Hall–Kier alpha value is -0.130. The molecule has 0 aliphatic carbocycles. The number of likely N-dealkylation sites (tertiary alicyclic amines) is 1. The summed E-state index contributed by atoms with van der Waals surface area (Å²) >= 11 is 0. The topological polar surface area (TPSA) is 63.4 Å². The number of hydrogen-bond donors (Lipinski definition) is 1. The highest BCUT2D eigenvalue weighted by molar-refractivity contribution is 7.91. The lowest BCUT2D eigenvalue weighted by atomic mass is 10.1. The second-order valence-corrected chi connectivity index (χ2v) is 6.90. The third-order valence-electron chi connectivity index (χ3n) is 3.69. The summed E-state index contributed by atoms with van der Waals surface area (Å²) in [5, 5.41) is 0. The Labute approximate surface area is 91.7 Å². The molecule has 88 valence electrons. The summed E-state index contributed by atoms with van der Waals surface area (Å²) in [6.45, 7) is 3.18. The number of hydrogen-bond acceptors (Lipinski definition) is 4. The van der Waals surface area contributed by atoms with Crippen LogP contribution in [0.25, 0.3) is 0 Å². The molecule has 2 N–H and O–H groups in total. The van der Waals surface area contributed by atoms with Gasteiger partial charge in [0.2, 0.25) is 0 Å². The van der Waals surface area contributed by atoms with Gasteiger partial charge in [-0.3, -0.25) is 4.90 Å². The van der Waals surface area contributed by atoms with Gasteiger partial charge in [0.25, 0.3) is 0 Å². The third-order valence-corrected chi connectivity index (χ3v) is 5.43. The lowest BCUT2D eigenvalue weighted by Crippen LogP contribution is -2.48. The maximum absolute atomic E-state index is 11.5. The van der Waals surface area contributed by atoms with Gasteiger partial charge in [-0.2, -0.15) is 0 Å². The minimum atomic E-state index is -2.88. The van der Waals surface area contributed by atoms with Crippen LogP contribution in [0.2, 0.25) is 0 Å². The van der Waals surface area contributed by atoms with Gasteiger partial charge in [0.05, 0.1) is 11.5 Å². The molecular weight excluding hydrogens is 212 g/mol. The fourth-order valence-electron chi connectivity index (χ4n) is 2.93. The zero-order valence-electron chi connectivity index (χ0n) is 9.22. The number of nitrogens with two attached hydrogens (primary N) is 1. The van der Waals surface area contributed by atoms with E-state index in [2.05, 4.69) is 11.8 Å². The van der Waals surface area contributed by atoms with Crippen LogP contribution >= 0.6 is 0 Å². The average molecular weight is 232 g/mol. The van der Waals surface area contributed by atoms with Crippen LogP contribution in [0.3, 0.4) is 0 Å². The van der Waals surface area contributed by atoms with Gasteiger partial charge in [-0.15, -0.1) is 0 Å². The number of rotatable bonds is 2. The zero-order valence-corrected chi connectivity index (χ0v) is 10.0. The summed E-state index contributed by atoms with van der Waals surface area (Å²) in [5.41, 5.74) is 5.93. The molecule has 3 atom stereocenters. The van der Waals surface area contributed by atoms with Gasteiger partial charge < -0.3 is 5.73 Å². The molecule has 0 bridgehead atoms. The highest BCUT2D eigenvalue weighted by atomic mass is 32.2. The predicted molar refractivity (Wildman–Crippen MR) is 60.4 cm³/mol. The third kappa shape index (κ3) is 2.19. The van der Waals surface area contributed by atoms with Crippen molar-refractivity contribution in [1.82, 2.24) is 4.90 Å². The molecule has 2 aliphatic rings. The first kappa shape index (κ1) is 11.4. The molecule has 2 rings (SSSR count). The summed E-state index contributed by atoms with van der Waals surface area (Å²) in [7, 11) is -2.88. The summed E-state index contributed by atoms with van der Waals surface area (Å²) in [5.74, 6) is 0.440.